The third-order valence-electron chi connectivity index (χ3n) is 4.65. The number of ether oxygens (including phenoxy) is 2. The Labute approximate surface area is 164 Å². The van der Waals surface area contributed by atoms with Crippen molar-refractivity contribution < 1.29 is 18.7 Å². The second kappa shape index (κ2) is 8.63. The van der Waals surface area contributed by atoms with E-state index in [9.17, 15) is 9.18 Å². The molecule has 28 heavy (non-hydrogen) atoms. The first-order valence-electron chi connectivity index (χ1n) is 9.70. The van der Waals surface area contributed by atoms with Gasteiger partial charge in [-0.1, -0.05) is 12.8 Å². The van der Waals surface area contributed by atoms with E-state index in [1.54, 1.807) is 20.8 Å². The SMILES string of the molecule is CC(C)(C)OC(=O)NC/C(=C/F)COc1ccc2nc(C3CCCC3)cn2c1. The Kier molecular flexibility index (Phi) is 6.21. The number of imidazole rings is 1. The molecule has 1 amide bonds. The van der Waals surface area contributed by atoms with Gasteiger partial charge in [-0.15, -0.1) is 0 Å². The van der Waals surface area contributed by atoms with Gasteiger partial charge in [0.2, 0.25) is 0 Å². The highest BCUT2D eigenvalue weighted by Crippen LogP contribution is 2.33. The number of carbonyl (C=O) groups is 1. The minimum Gasteiger partial charge on any atom is -0.488 e. The van der Waals surface area contributed by atoms with Gasteiger partial charge in [0.15, 0.2) is 0 Å². The number of rotatable bonds is 6. The van der Waals surface area contributed by atoms with Crippen molar-refractivity contribution in [3.8, 4) is 5.75 Å². The number of amides is 1. The zero-order chi connectivity index (χ0) is 20.1. The van der Waals surface area contributed by atoms with Crippen LogP contribution in [0, 0.1) is 0 Å². The van der Waals surface area contributed by atoms with Crippen LogP contribution in [0.5, 0.6) is 5.75 Å². The number of alkyl carbamates (subject to hydrolysis) is 1. The molecule has 2 heterocycles. The predicted molar refractivity (Wildman–Crippen MR) is 105 cm³/mol. The van der Waals surface area contributed by atoms with Gasteiger partial charge >= 0.3 is 6.09 Å². The minimum atomic E-state index is -0.599. The molecular weight excluding hydrogens is 361 g/mol. The van der Waals surface area contributed by atoms with Crippen molar-refractivity contribution in [1.82, 2.24) is 14.7 Å². The maximum absolute atomic E-state index is 13.1. The number of halogens is 1. The molecule has 1 saturated carbocycles. The predicted octanol–water partition coefficient (Wildman–Crippen LogP) is 4.75. The Bertz CT molecular complexity index is 848. The van der Waals surface area contributed by atoms with Crippen molar-refractivity contribution in [3.63, 3.8) is 0 Å². The Morgan fingerprint density at radius 3 is 2.75 bits per heavy atom. The maximum atomic E-state index is 13.1. The van der Waals surface area contributed by atoms with Crippen LogP contribution in [0.3, 0.4) is 0 Å². The smallest absolute Gasteiger partial charge is 0.407 e. The van der Waals surface area contributed by atoms with Crippen molar-refractivity contribution in [2.75, 3.05) is 13.2 Å². The third-order valence-corrected chi connectivity index (χ3v) is 4.65. The highest BCUT2D eigenvalue weighted by molar-refractivity contribution is 5.68. The molecule has 7 heteroatoms. The molecule has 1 fully saturated rings. The van der Waals surface area contributed by atoms with Crippen LogP contribution in [-0.4, -0.2) is 34.2 Å². The van der Waals surface area contributed by atoms with Crippen LogP contribution in [0.1, 0.15) is 58.1 Å². The van der Waals surface area contributed by atoms with E-state index >= 15 is 0 Å². The first-order chi connectivity index (χ1) is 13.3. The maximum Gasteiger partial charge on any atom is 0.407 e. The van der Waals surface area contributed by atoms with Crippen LogP contribution in [0.15, 0.2) is 36.4 Å². The van der Waals surface area contributed by atoms with Gasteiger partial charge < -0.3 is 19.2 Å². The third kappa shape index (κ3) is 5.47. The summed E-state index contributed by atoms with van der Waals surface area (Å²) in [5.41, 5.74) is 1.71. The Morgan fingerprint density at radius 1 is 1.32 bits per heavy atom. The van der Waals surface area contributed by atoms with Crippen molar-refractivity contribution in [2.45, 2.75) is 58.0 Å². The number of hydrogen-bond donors (Lipinski definition) is 1. The second-order valence-electron chi connectivity index (χ2n) is 8.19. The number of carbonyl (C=O) groups excluding carboxylic acids is 1. The van der Waals surface area contributed by atoms with Gasteiger partial charge in [0.1, 0.15) is 23.6 Å². The van der Waals surface area contributed by atoms with Crippen LogP contribution in [0.2, 0.25) is 0 Å². The van der Waals surface area contributed by atoms with Gasteiger partial charge in [-0.2, -0.15) is 0 Å². The van der Waals surface area contributed by atoms with Crippen molar-refractivity contribution >= 4 is 11.7 Å². The molecule has 0 atom stereocenters. The summed E-state index contributed by atoms with van der Waals surface area (Å²) in [5.74, 6) is 1.16. The van der Waals surface area contributed by atoms with Crippen LogP contribution in [0.25, 0.3) is 5.65 Å². The lowest BCUT2D eigenvalue weighted by atomic mass is 10.1. The number of fused-ring (bicyclic) bond motifs is 1. The summed E-state index contributed by atoms with van der Waals surface area (Å²) >= 11 is 0. The lowest BCUT2D eigenvalue weighted by molar-refractivity contribution is 0.0531. The topological polar surface area (TPSA) is 64.9 Å². The largest absolute Gasteiger partial charge is 0.488 e. The zero-order valence-electron chi connectivity index (χ0n) is 16.7. The molecule has 152 valence electrons. The Balaban J connectivity index is 1.55. The minimum absolute atomic E-state index is 0.0184. The molecule has 0 unspecified atom stereocenters. The van der Waals surface area contributed by atoms with Crippen LogP contribution < -0.4 is 10.1 Å². The fourth-order valence-corrected chi connectivity index (χ4v) is 3.29. The average molecular weight is 389 g/mol. The normalized spacial score (nSPS) is 15.8. The van der Waals surface area contributed by atoms with E-state index in [4.69, 9.17) is 14.5 Å². The molecule has 3 rings (SSSR count). The molecule has 1 N–H and O–H groups in total. The van der Waals surface area contributed by atoms with E-state index in [0.29, 0.717) is 23.6 Å². The molecule has 0 spiro atoms. The summed E-state index contributed by atoms with van der Waals surface area (Å²) in [7, 11) is 0. The van der Waals surface area contributed by atoms with E-state index in [1.807, 2.05) is 28.9 Å². The monoisotopic (exact) mass is 389 g/mol. The number of nitrogens with zero attached hydrogens (tertiary/aromatic N) is 2. The zero-order valence-corrected chi connectivity index (χ0v) is 16.7. The fraction of sp³-hybridized carbons (Fsp3) is 0.524. The second-order valence-corrected chi connectivity index (χ2v) is 8.19. The Hall–Kier alpha value is -2.57. The lowest BCUT2D eigenvalue weighted by Crippen LogP contribution is -2.34. The lowest BCUT2D eigenvalue weighted by Gasteiger charge is -2.20. The number of nitrogens with one attached hydrogen (secondary N) is 1. The average Bonchev–Trinajstić information content (AvgIpc) is 3.29. The van der Waals surface area contributed by atoms with Gasteiger partial charge in [-0.05, 0) is 45.7 Å². The molecule has 0 saturated heterocycles. The van der Waals surface area contributed by atoms with E-state index < -0.39 is 11.7 Å². The van der Waals surface area contributed by atoms with Gasteiger partial charge in [0.25, 0.3) is 0 Å². The standard InChI is InChI=1S/C21H28FN3O3/c1-21(2,3)28-20(26)23-11-15(10-22)14-27-17-8-9-19-24-18(13-25(19)12-17)16-6-4-5-7-16/h8-10,12-13,16H,4-7,11,14H2,1-3H3,(H,23,26)/b15-10-. The Morgan fingerprint density at radius 2 is 2.07 bits per heavy atom. The van der Waals surface area contributed by atoms with Gasteiger partial charge in [0.05, 0.1) is 18.2 Å². The molecule has 1 aliphatic rings. The van der Waals surface area contributed by atoms with Crippen molar-refractivity contribution in [1.29, 1.82) is 0 Å². The van der Waals surface area contributed by atoms with E-state index in [0.717, 1.165) is 11.3 Å². The van der Waals surface area contributed by atoms with Crippen LogP contribution in [0.4, 0.5) is 9.18 Å². The number of aromatic nitrogens is 2. The molecular formula is C21H28FN3O3. The highest BCUT2D eigenvalue weighted by atomic mass is 19.1. The number of pyridine rings is 1. The van der Waals surface area contributed by atoms with E-state index in [-0.39, 0.29) is 13.2 Å². The summed E-state index contributed by atoms with van der Waals surface area (Å²) in [6, 6.07) is 3.71. The quantitative estimate of drug-likeness (QED) is 0.774. The van der Waals surface area contributed by atoms with E-state index in [2.05, 4.69) is 5.32 Å². The van der Waals surface area contributed by atoms with Crippen molar-refractivity contribution in [2.24, 2.45) is 0 Å². The van der Waals surface area contributed by atoms with E-state index in [1.165, 1.54) is 25.7 Å². The summed E-state index contributed by atoms with van der Waals surface area (Å²) in [4.78, 5) is 16.4. The molecule has 0 aliphatic heterocycles. The molecule has 6 nitrogen and oxygen atoms in total. The summed E-state index contributed by atoms with van der Waals surface area (Å²) in [6.45, 7) is 5.36. The highest BCUT2D eigenvalue weighted by Gasteiger charge is 2.20. The van der Waals surface area contributed by atoms with Gasteiger partial charge in [0, 0.05) is 24.2 Å². The summed E-state index contributed by atoms with van der Waals surface area (Å²) in [5, 5.41) is 2.53. The molecule has 0 aromatic carbocycles. The fourth-order valence-electron chi connectivity index (χ4n) is 3.29. The first kappa shape index (κ1) is 20.2. The van der Waals surface area contributed by atoms with Crippen molar-refractivity contribution in [3.05, 3.63) is 42.1 Å². The van der Waals surface area contributed by atoms with Gasteiger partial charge in [-0.25, -0.2) is 14.2 Å². The molecule has 0 radical (unpaired) electrons. The first-order valence-corrected chi connectivity index (χ1v) is 9.70. The van der Waals surface area contributed by atoms with Gasteiger partial charge in [-0.3, -0.25) is 0 Å². The molecule has 2 aromatic rings. The van der Waals surface area contributed by atoms with Crippen LogP contribution >= 0.6 is 0 Å². The molecule has 2 aromatic heterocycles. The molecule has 1 aliphatic carbocycles. The number of hydrogen-bond acceptors (Lipinski definition) is 4. The molecule has 0 bridgehead atoms. The summed E-state index contributed by atoms with van der Waals surface area (Å²) in [6.07, 6.45) is 8.68. The van der Waals surface area contributed by atoms with Crippen LogP contribution in [-0.2, 0) is 4.74 Å². The summed E-state index contributed by atoms with van der Waals surface area (Å²) < 4.78 is 25.9.